The van der Waals surface area contributed by atoms with Crippen molar-refractivity contribution in [2.24, 2.45) is 11.8 Å². The summed E-state index contributed by atoms with van der Waals surface area (Å²) in [7, 11) is -3.16. The average molecular weight is 259 g/mol. The molecule has 0 radical (unpaired) electrons. The standard InChI is InChI=1S/C11H21N3O2S/c15-17(16,13-4-2-1-3-5-13)14-8-10-6-12-7-11(10)9-14/h10-12H,1-9H2/t10-,11+. The monoisotopic (exact) mass is 259 g/mol. The van der Waals surface area contributed by atoms with Crippen LogP contribution in [0, 0.1) is 11.8 Å². The molecule has 0 aromatic carbocycles. The Balaban J connectivity index is 1.70. The van der Waals surface area contributed by atoms with Crippen molar-refractivity contribution in [2.45, 2.75) is 19.3 Å². The van der Waals surface area contributed by atoms with E-state index in [0.29, 0.717) is 24.9 Å². The van der Waals surface area contributed by atoms with Gasteiger partial charge in [-0.2, -0.15) is 17.0 Å². The maximum atomic E-state index is 12.5. The molecule has 2 atom stereocenters. The number of nitrogens with zero attached hydrogens (tertiary/aromatic N) is 2. The van der Waals surface area contributed by atoms with E-state index in [1.807, 2.05) is 0 Å². The summed E-state index contributed by atoms with van der Waals surface area (Å²) in [6.07, 6.45) is 3.20. The second-order valence-electron chi connectivity index (χ2n) is 5.46. The highest BCUT2D eigenvalue weighted by molar-refractivity contribution is 7.86. The van der Waals surface area contributed by atoms with Crippen LogP contribution in [0.15, 0.2) is 0 Å². The van der Waals surface area contributed by atoms with E-state index in [-0.39, 0.29) is 0 Å². The van der Waals surface area contributed by atoms with Crippen LogP contribution in [0.5, 0.6) is 0 Å². The number of fused-ring (bicyclic) bond motifs is 1. The molecule has 0 aliphatic carbocycles. The molecule has 3 heterocycles. The van der Waals surface area contributed by atoms with Gasteiger partial charge in [0.25, 0.3) is 10.2 Å². The quantitative estimate of drug-likeness (QED) is 0.751. The van der Waals surface area contributed by atoms with Gasteiger partial charge in [0.2, 0.25) is 0 Å². The first kappa shape index (κ1) is 11.9. The molecule has 0 aromatic rings. The van der Waals surface area contributed by atoms with Crippen molar-refractivity contribution in [2.75, 3.05) is 39.3 Å². The van der Waals surface area contributed by atoms with Gasteiger partial charge in [0.1, 0.15) is 0 Å². The molecule has 17 heavy (non-hydrogen) atoms. The number of hydrogen-bond acceptors (Lipinski definition) is 3. The second kappa shape index (κ2) is 4.50. The minimum atomic E-state index is -3.16. The highest BCUT2D eigenvalue weighted by Gasteiger charge is 2.43. The summed E-state index contributed by atoms with van der Waals surface area (Å²) in [5, 5.41) is 3.34. The van der Waals surface area contributed by atoms with Gasteiger partial charge in [-0.3, -0.25) is 0 Å². The van der Waals surface area contributed by atoms with Crippen molar-refractivity contribution < 1.29 is 8.42 Å². The average Bonchev–Trinajstić information content (AvgIpc) is 2.90. The van der Waals surface area contributed by atoms with Crippen LogP contribution in [0.25, 0.3) is 0 Å². The highest BCUT2D eigenvalue weighted by atomic mass is 32.2. The Morgan fingerprint density at radius 3 is 2.06 bits per heavy atom. The maximum Gasteiger partial charge on any atom is 0.281 e. The molecule has 3 rings (SSSR count). The van der Waals surface area contributed by atoms with Crippen molar-refractivity contribution in [1.82, 2.24) is 13.9 Å². The summed E-state index contributed by atoms with van der Waals surface area (Å²) in [4.78, 5) is 0. The molecule has 3 aliphatic rings. The van der Waals surface area contributed by atoms with Crippen molar-refractivity contribution in [3.8, 4) is 0 Å². The lowest BCUT2D eigenvalue weighted by atomic mass is 10.0. The molecule has 3 fully saturated rings. The first-order valence-electron chi connectivity index (χ1n) is 6.64. The Labute approximate surface area is 103 Å². The molecular formula is C11H21N3O2S. The summed E-state index contributed by atoms with van der Waals surface area (Å²) in [5.41, 5.74) is 0. The zero-order chi connectivity index (χ0) is 11.9. The highest BCUT2D eigenvalue weighted by Crippen LogP contribution is 2.30. The van der Waals surface area contributed by atoms with E-state index in [1.165, 1.54) is 6.42 Å². The van der Waals surface area contributed by atoms with Crippen LogP contribution in [0.4, 0.5) is 0 Å². The molecule has 98 valence electrons. The molecule has 0 aromatic heterocycles. The molecule has 0 spiro atoms. The first-order chi connectivity index (χ1) is 8.18. The van der Waals surface area contributed by atoms with E-state index in [0.717, 1.165) is 39.0 Å². The minimum Gasteiger partial charge on any atom is -0.316 e. The van der Waals surface area contributed by atoms with Gasteiger partial charge in [-0.1, -0.05) is 6.42 Å². The molecule has 3 saturated heterocycles. The lowest BCUT2D eigenvalue weighted by Crippen LogP contribution is -2.45. The molecule has 0 amide bonds. The fourth-order valence-electron chi connectivity index (χ4n) is 3.26. The van der Waals surface area contributed by atoms with Crippen LogP contribution < -0.4 is 5.32 Å². The normalized spacial score (nSPS) is 36.2. The fourth-order valence-corrected chi connectivity index (χ4v) is 5.07. The molecule has 1 N–H and O–H groups in total. The molecule has 0 bridgehead atoms. The Bertz CT molecular complexity index is 366. The smallest absolute Gasteiger partial charge is 0.281 e. The molecule has 6 heteroatoms. The van der Waals surface area contributed by atoms with Gasteiger partial charge >= 0.3 is 0 Å². The van der Waals surface area contributed by atoms with Crippen LogP contribution in [-0.2, 0) is 10.2 Å². The SMILES string of the molecule is O=S(=O)(N1CCCCC1)N1C[C@H]2CNC[C@H]2C1. The zero-order valence-electron chi connectivity index (χ0n) is 10.1. The van der Waals surface area contributed by atoms with Crippen LogP contribution >= 0.6 is 0 Å². The van der Waals surface area contributed by atoms with Gasteiger partial charge in [0.15, 0.2) is 0 Å². The van der Waals surface area contributed by atoms with Crippen LogP contribution in [0.2, 0.25) is 0 Å². The summed E-state index contributed by atoms with van der Waals surface area (Å²) in [6, 6.07) is 0. The van der Waals surface area contributed by atoms with E-state index < -0.39 is 10.2 Å². The van der Waals surface area contributed by atoms with Crippen molar-refractivity contribution in [3.63, 3.8) is 0 Å². The third kappa shape index (κ3) is 2.12. The van der Waals surface area contributed by atoms with Crippen molar-refractivity contribution >= 4 is 10.2 Å². The number of nitrogens with one attached hydrogen (secondary N) is 1. The third-order valence-corrected chi connectivity index (χ3v) is 6.29. The zero-order valence-corrected chi connectivity index (χ0v) is 11.0. The predicted molar refractivity (Wildman–Crippen MR) is 65.8 cm³/mol. The topological polar surface area (TPSA) is 52.7 Å². The van der Waals surface area contributed by atoms with Crippen LogP contribution in [0.1, 0.15) is 19.3 Å². The van der Waals surface area contributed by atoms with Crippen molar-refractivity contribution in [1.29, 1.82) is 0 Å². The van der Waals surface area contributed by atoms with E-state index in [4.69, 9.17) is 0 Å². The molecular weight excluding hydrogens is 238 g/mol. The van der Waals surface area contributed by atoms with Crippen LogP contribution in [0.3, 0.4) is 0 Å². The summed E-state index contributed by atoms with van der Waals surface area (Å²) >= 11 is 0. The fraction of sp³-hybridized carbons (Fsp3) is 1.00. The van der Waals surface area contributed by atoms with Gasteiger partial charge in [-0.15, -0.1) is 0 Å². The second-order valence-corrected chi connectivity index (χ2v) is 7.39. The van der Waals surface area contributed by atoms with Gasteiger partial charge < -0.3 is 5.32 Å². The molecule has 0 saturated carbocycles. The van der Waals surface area contributed by atoms with Crippen LogP contribution in [-0.4, -0.2) is 56.3 Å². The third-order valence-electron chi connectivity index (χ3n) is 4.32. The minimum absolute atomic E-state index is 0.537. The Morgan fingerprint density at radius 1 is 0.882 bits per heavy atom. The van der Waals surface area contributed by atoms with E-state index in [1.54, 1.807) is 8.61 Å². The van der Waals surface area contributed by atoms with E-state index in [2.05, 4.69) is 5.32 Å². The number of piperidine rings is 1. The summed E-state index contributed by atoms with van der Waals surface area (Å²) in [6.45, 7) is 4.83. The van der Waals surface area contributed by atoms with E-state index in [9.17, 15) is 8.42 Å². The predicted octanol–water partition coefficient (Wildman–Crippen LogP) is -0.132. The Morgan fingerprint density at radius 2 is 1.47 bits per heavy atom. The first-order valence-corrected chi connectivity index (χ1v) is 8.03. The number of rotatable bonds is 2. The number of hydrogen-bond donors (Lipinski definition) is 1. The van der Waals surface area contributed by atoms with Gasteiger partial charge in [0, 0.05) is 26.2 Å². The maximum absolute atomic E-state index is 12.5. The Kier molecular flexibility index (Phi) is 3.15. The lowest BCUT2D eigenvalue weighted by Gasteiger charge is -2.30. The summed E-state index contributed by atoms with van der Waals surface area (Å²) in [5.74, 6) is 1.07. The molecule has 3 aliphatic heterocycles. The Hall–Kier alpha value is -0.170. The lowest BCUT2D eigenvalue weighted by molar-refractivity contribution is 0.311. The largest absolute Gasteiger partial charge is 0.316 e. The molecule has 0 unspecified atom stereocenters. The van der Waals surface area contributed by atoms with E-state index >= 15 is 0 Å². The van der Waals surface area contributed by atoms with Gasteiger partial charge in [-0.25, -0.2) is 0 Å². The van der Waals surface area contributed by atoms with Crippen molar-refractivity contribution in [3.05, 3.63) is 0 Å². The molecule has 5 nitrogen and oxygen atoms in total. The summed E-state index contributed by atoms with van der Waals surface area (Å²) < 4.78 is 28.3. The van der Waals surface area contributed by atoms with Gasteiger partial charge in [-0.05, 0) is 37.8 Å². The van der Waals surface area contributed by atoms with Gasteiger partial charge in [0.05, 0.1) is 0 Å².